The number of aromatic amines is 1. The Bertz CT molecular complexity index is 1080. The molecule has 0 atom stereocenters. The highest BCUT2D eigenvalue weighted by Gasteiger charge is 2.14. The smallest absolute Gasteiger partial charge is 0.271 e. The van der Waals surface area contributed by atoms with Crippen molar-refractivity contribution >= 4 is 17.3 Å². The minimum atomic E-state index is -0.465. The summed E-state index contributed by atoms with van der Waals surface area (Å²) in [5.74, 6) is 0.323. The molecule has 0 amide bonds. The van der Waals surface area contributed by atoms with E-state index in [1.807, 2.05) is 60.7 Å². The molecular formula is C21H15N5O2. The van der Waals surface area contributed by atoms with Gasteiger partial charge in [0.05, 0.1) is 22.0 Å². The van der Waals surface area contributed by atoms with Crippen LogP contribution in [-0.4, -0.2) is 14.9 Å². The van der Waals surface area contributed by atoms with Crippen LogP contribution in [0.1, 0.15) is 0 Å². The molecule has 0 saturated carbocycles. The summed E-state index contributed by atoms with van der Waals surface area (Å²) in [5, 5.41) is 19.1. The van der Waals surface area contributed by atoms with E-state index in [4.69, 9.17) is 0 Å². The predicted octanol–water partition coefficient (Wildman–Crippen LogP) is 6.07. The fourth-order valence-electron chi connectivity index (χ4n) is 2.80. The van der Waals surface area contributed by atoms with Crippen LogP contribution in [0.5, 0.6) is 0 Å². The van der Waals surface area contributed by atoms with Crippen molar-refractivity contribution in [3.63, 3.8) is 0 Å². The lowest BCUT2D eigenvalue weighted by atomic mass is 10.1. The summed E-state index contributed by atoms with van der Waals surface area (Å²) < 4.78 is 0. The number of hydrogen-bond acceptors (Lipinski definition) is 5. The molecule has 4 rings (SSSR count). The highest BCUT2D eigenvalue weighted by molar-refractivity contribution is 5.79. The molecule has 0 aliphatic heterocycles. The van der Waals surface area contributed by atoms with Gasteiger partial charge in [-0.3, -0.25) is 10.1 Å². The average Bonchev–Trinajstić information content (AvgIpc) is 3.18. The summed E-state index contributed by atoms with van der Waals surface area (Å²) in [6.07, 6.45) is 0. The van der Waals surface area contributed by atoms with Crippen molar-refractivity contribution in [2.24, 2.45) is 10.2 Å². The zero-order valence-corrected chi connectivity index (χ0v) is 14.7. The molecule has 0 fully saturated rings. The number of benzene rings is 3. The van der Waals surface area contributed by atoms with Crippen LogP contribution in [0.2, 0.25) is 0 Å². The summed E-state index contributed by atoms with van der Waals surface area (Å²) in [6.45, 7) is 0. The van der Waals surface area contributed by atoms with Gasteiger partial charge in [0.15, 0.2) is 0 Å². The molecule has 0 unspecified atom stereocenters. The number of rotatable bonds is 5. The third-order valence-electron chi connectivity index (χ3n) is 4.10. The van der Waals surface area contributed by atoms with Gasteiger partial charge in [-0.25, -0.2) is 4.98 Å². The molecule has 1 heterocycles. The Kier molecular flexibility index (Phi) is 4.71. The maximum absolute atomic E-state index is 10.9. The molecule has 1 aromatic heterocycles. The fraction of sp³-hybridized carbons (Fsp3) is 0. The molecule has 0 bridgehead atoms. The first-order valence-electron chi connectivity index (χ1n) is 8.58. The molecule has 0 aliphatic carbocycles. The lowest BCUT2D eigenvalue weighted by Gasteiger charge is -2.02. The van der Waals surface area contributed by atoms with Crippen LogP contribution in [0.15, 0.2) is 95.2 Å². The second-order valence-corrected chi connectivity index (χ2v) is 5.99. The number of hydrogen-bond donors (Lipinski definition) is 1. The van der Waals surface area contributed by atoms with Gasteiger partial charge in [-0.2, -0.15) is 0 Å². The molecule has 0 radical (unpaired) electrons. The largest absolute Gasteiger partial charge is 0.320 e. The highest BCUT2D eigenvalue weighted by atomic mass is 16.6. The minimum Gasteiger partial charge on any atom is -0.320 e. The third kappa shape index (κ3) is 3.68. The van der Waals surface area contributed by atoms with Gasteiger partial charge in [-0.05, 0) is 6.07 Å². The van der Waals surface area contributed by atoms with Gasteiger partial charge in [0.1, 0.15) is 0 Å². The lowest BCUT2D eigenvalue weighted by molar-refractivity contribution is -0.384. The molecule has 0 saturated heterocycles. The van der Waals surface area contributed by atoms with Crippen LogP contribution >= 0.6 is 0 Å². The molecule has 7 nitrogen and oxygen atoms in total. The molecule has 28 heavy (non-hydrogen) atoms. The summed E-state index contributed by atoms with van der Waals surface area (Å²) in [4.78, 5) is 18.2. The molecule has 136 valence electrons. The summed E-state index contributed by atoms with van der Waals surface area (Å²) >= 11 is 0. The topological polar surface area (TPSA) is 96.5 Å². The molecule has 1 N–H and O–H groups in total. The van der Waals surface area contributed by atoms with Crippen LogP contribution in [0.25, 0.3) is 22.5 Å². The summed E-state index contributed by atoms with van der Waals surface area (Å²) in [5.41, 5.74) is 3.87. The predicted molar refractivity (Wildman–Crippen MR) is 107 cm³/mol. The molecule has 0 aliphatic rings. The van der Waals surface area contributed by atoms with E-state index in [1.54, 1.807) is 12.1 Å². The van der Waals surface area contributed by atoms with Gasteiger partial charge in [-0.15, -0.1) is 10.2 Å². The number of H-pyrrole nitrogens is 1. The first kappa shape index (κ1) is 17.3. The van der Waals surface area contributed by atoms with E-state index >= 15 is 0 Å². The second kappa shape index (κ2) is 7.63. The van der Waals surface area contributed by atoms with Gasteiger partial charge in [-0.1, -0.05) is 66.7 Å². The van der Waals surface area contributed by atoms with E-state index in [1.165, 1.54) is 12.1 Å². The van der Waals surface area contributed by atoms with E-state index in [0.717, 1.165) is 22.5 Å². The second-order valence-electron chi connectivity index (χ2n) is 5.99. The first-order valence-corrected chi connectivity index (χ1v) is 8.58. The van der Waals surface area contributed by atoms with Crippen LogP contribution in [0, 0.1) is 10.1 Å². The van der Waals surface area contributed by atoms with Crippen LogP contribution in [0.3, 0.4) is 0 Å². The number of non-ortho nitro benzene ring substituents is 1. The van der Waals surface area contributed by atoms with E-state index in [0.29, 0.717) is 11.6 Å². The maximum atomic E-state index is 10.9. The van der Waals surface area contributed by atoms with Crippen LogP contribution in [-0.2, 0) is 0 Å². The van der Waals surface area contributed by atoms with Crippen molar-refractivity contribution in [2.45, 2.75) is 0 Å². The van der Waals surface area contributed by atoms with Crippen molar-refractivity contribution in [2.75, 3.05) is 0 Å². The monoisotopic (exact) mass is 369 g/mol. The quantitative estimate of drug-likeness (QED) is 0.263. The van der Waals surface area contributed by atoms with Crippen molar-refractivity contribution in [3.8, 4) is 22.5 Å². The van der Waals surface area contributed by atoms with Gasteiger partial charge in [0, 0.05) is 23.3 Å². The number of aromatic nitrogens is 2. The van der Waals surface area contributed by atoms with Crippen molar-refractivity contribution in [3.05, 3.63) is 95.0 Å². The third-order valence-corrected chi connectivity index (χ3v) is 4.10. The normalized spacial score (nSPS) is 11.0. The Labute approximate surface area is 160 Å². The van der Waals surface area contributed by atoms with Gasteiger partial charge >= 0.3 is 0 Å². The van der Waals surface area contributed by atoms with Crippen molar-refractivity contribution < 1.29 is 4.92 Å². The lowest BCUT2D eigenvalue weighted by Crippen LogP contribution is -1.85. The van der Waals surface area contributed by atoms with E-state index in [2.05, 4.69) is 20.2 Å². The Morgan fingerprint density at radius 3 is 2.18 bits per heavy atom. The Morgan fingerprint density at radius 1 is 0.821 bits per heavy atom. The number of azo groups is 1. The Hall–Kier alpha value is -4.13. The Morgan fingerprint density at radius 2 is 1.50 bits per heavy atom. The number of nitrogens with one attached hydrogen (secondary N) is 1. The minimum absolute atomic E-state index is 0.0363. The summed E-state index contributed by atoms with van der Waals surface area (Å²) in [7, 11) is 0. The SMILES string of the molecule is O=[N+]([O-])c1cccc(N=Nc2nc(-c3ccccc3)c(-c3ccccc3)[nH]2)c1. The van der Waals surface area contributed by atoms with E-state index in [9.17, 15) is 10.1 Å². The average molecular weight is 369 g/mol. The summed E-state index contributed by atoms with van der Waals surface area (Å²) in [6, 6.07) is 25.6. The van der Waals surface area contributed by atoms with Crippen LogP contribution in [0.4, 0.5) is 17.3 Å². The molecule has 4 aromatic rings. The van der Waals surface area contributed by atoms with Crippen molar-refractivity contribution in [1.29, 1.82) is 0 Å². The number of nitro benzene ring substituents is 1. The van der Waals surface area contributed by atoms with Gasteiger partial charge in [0.25, 0.3) is 5.69 Å². The number of nitrogens with zero attached hydrogens (tertiary/aromatic N) is 4. The molecule has 3 aromatic carbocycles. The molecular weight excluding hydrogens is 354 g/mol. The van der Waals surface area contributed by atoms with E-state index in [-0.39, 0.29) is 5.69 Å². The molecule has 7 heteroatoms. The number of nitro groups is 1. The fourth-order valence-corrected chi connectivity index (χ4v) is 2.80. The highest BCUT2D eigenvalue weighted by Crippen LogP contribution is 2.32. The first-order chi connectivity index (χ1) is 13.7. The van der Waals surface area contributed by atoms with Crippen LogP contribution < -0.4 is 0 Å². The zero-order chi connectivity index (χ0) is 19.3. The number of imidazole rings is 1. The van der Waals surface area contributed by atoms with Gasteiger partial charge in [0.2, 0.25) is 5.95 Å². The Balaban J connectivity index is 1.74. The van der Waals surface area contributed by atoms with E-state index < -0.39 is 4.92 Å². The maximum Gasteiger partial charge on any atom is 0.271 e. The van der Waals surface area contributed by atoms with Crippen molar-refractivity contribution in [1.82, 2.24) is 9.97 Å². The zero-order valence-electron chi connectivity index (χ0n) is 14.7. The van der Waals surface area contributed by atoms with Gasteiger partial charge < -0.3 is 4.98 Å². The standard InChI is InChI=1S/C21H15N5O2/c27-26(28)18-13-7-12-17(14-18)24-25-21-22-19(15-8-3-1-4-9-15)20(23-21)16-10-5-2-6-11-16/h1-14H,(H,22,23). The molecule has 0 spiro atoms.